The molecule has 10 nitrogen and oxygen atoms in total. The zero-order chi connectivity index (χ0) is 22.5. The van der Waals surface area contributed by atoms with Crippen LogP contribution in [0.2, 0.25) is 0 Å². The van der Waals surface area contributed by atoms with E-state index in [4.69, 9.17) is 25.4 Å². The van der Waals surface area contributed by atoms with Gasteiger partial charge in [0.05, 0.1) is 5.52 Å². The number of aromatic nitrogens is 3. The van der Waals surface area contributed by atoms with Crippen molar-refractivity contribution in [3.63, 3.8) is 0 Å². The first-order valence-corrected chi connectivity index (χ1v) is 12.0. The van der Waals surface area contributed by atoms with Crippen molar-refractivity contribution in [1.29, 1.82) is 0 Å². The number of amides is 1. The molecule has 0 bridgehead atoms. The third-order valence-electron chi connectivity index (χ3n) is 4.93. The number of carbonyl (C=O) groups is 1. The highest BCUT2D eigenvalue weighted by Gasteiger charge is 2.20. The van der Waals surface area contributed by atoms with Gasteiger partial charge in [-0.25, -0.2) is 15.4 Å². The van der Waals surface area contributed by atoms with Crippen LogP contribution >= 0.6 is 34.4 Å². The summed E-state index contributed by atoms with van der Waals surface area (Å²) in [5, 5.41) is 12.7. The molecule has 12 heteroatoms. The second-order valence-electron chi connectivity index (χ2n) is 7.09. The average Bonchev–Trinajstić information content (AvgIpc) is 3.38. The molecule has 0 atom stereocenters. The van der Waals surface area contributed by atoms with E-state index in [1.807, 2.05) is 18.2 Å². The van der Waals surface area contributed by atoms with Gasteiger partial charge in [-0.05, 0) is 60.2 Å². The van der Waals surface area contributed by atoms with Crippen molar-refractivity contribution in [2.75, 3.05) is 25.6 Å². The fraction of sp³-hybridized carbons (Fsp3) is 0.350. The Kier molecular flexibility index (Phi) is 7.55. The number of carbonyl (C=O) groups excluding carboxylic acids is 1. The van der Waals surface area contributed by atoms with Crippen LogP contribution in [-0.4, -0.2) is 45.5 Å². The van der Waals surface area contributed by atoms with E-state index in [0.29, 0.717) is 30.7 Å². The lowest BCUT2D eigenvalue weighted by Gasteiger charge is -2.11. The number of nitrogens with two attached hydrogens (primary N) is 1. The van der Waals surface area contributed by atoms with Gasteiger partial charge in [-0.15, -0.1) is 0 Å². The second-order valence-corrected chi connectivity index (χ2v) is 9.26. The molecular formula is C20H23IN6O4S. The van der Waals surface area contributed by atoms with Gasteiger partial charge in [-0.3, -0.25) is 10.0 Å². The lowest BCUT2D eigenvalue weighted by Crippen LogP contribution is -2.22. The van der Waals surface area contributed by atoms with E-state index in [1.165, 1.54) is 0 Å². The number of fused-ring (bicyclic) bond motifs is 2. The van der Waals surface area contributed by atoms with Crippen molar-refractivity contribution in [3.05, 3.63) is 28.0 Å². The summed E-state index contributed by atoms with van der Waals surface area (Å²) in [6, 6.07) is 5.86. The number of halogens is 1. The first-order chi connectivity index (χ1) is 15.6. The van der Waals surface area contributed by atoms with Crippen LogP contribution in [0, 0.1) is 3.57 Å². The Balaban J connectivity index is 1.46. The number of benzene rings is 1. The number of rotatable bonds is 10. The molecule has 0 spiro atoms. The summed E-state index contributed by atoms with van der Waals surface area (Å²) in [4.78, 5) is 21.0. The van der Waals surface area contributed by atoms with Crippen LogP contribution in [0.3, 0.4) is 0 Å². The maximum atomic E-state index is 11.1. The number of hydrogen-bond donors (Lipinski definition) is 4. The molecule has 4 rings (SSSR count). The van der Waals surface area contributed by atoms with Crippen molar-refractivity contribution >= 4 is 57.1 Å². The molecule has 5 N–H and O–H groups in total. The zero-order valence-electron chi connectivity index (χ0n) is 17.1. The van der Waals surface area contributed by atoms with E-state index in [1.54, 1.807) is 23.4 Å². The molecule has 0 saturated carbocycles. The predicted molar refractivity (Wildman–Crippen MR) is 128 cm³/mol. The molecule has 1 aliphatic rings. The Labute approximate surface area is 202 Å². The fourth-order valence-electron chi connectivity index (χ4n) is 3.33. The molecule has 0 radical (unpaired) electrons. The smallest absolute Gasteiger partial charge is 0.243 e. The summed E-state index contributed by atoms with van der Waals surface area (Å²) >= 11 is 3.83. The van der Waals surface area contributed by atoms with Crippen molar-refractivity contribution in [2.24, 2.45) is 0 Å². The van der Waals surface area contributed by atoms with E-state index in [9.17, 15) is 4.79 Å². The number of hydroxylamine groups is 1. The van der Waals surface area contributed by atoms with Crippen LogP contribution in [0.4, 0.5) is 5.82 Å². The maximum absolute atomic E-state index is 11.1. The molecule has 0 aliphatic carbocycles. The summed E-state index contributed by atoms with van der Waals surface area (Å²) < 4.78 is 14.2. The Hall–Kier alpha value is -2.29. The van der Waals surface area contributed by atoms with Gasteiger partial charge in [-0.2, -0.15) is 0 Å². The molecule has 1 aliphatic heterocycles. The third-order valence-corrected chi connectivity index (χ3v) is 7.24. The normalized spacial score (nSPS) is 12.4. The number of anilines is 1. The molecule has 0 unspecified atom stereocenters. The summed E-state index contributed by atoms with van der Waals surface area (Å²) in [6.45, 7) is 2.43. The van der Waals surface area contributed by atoms with Crippen LogP contribution in [0.25, 0.3) is 11.0 Å². The number of imidazole rings is 1. The van der Waals surface area contributed by atoms with E-state index in [-0.39, 0.29) is 12.7 Å². The molecule has 0 saturated heterocycles. The molecule has 2 aromatic heterocycles. The Bertz CT molecular complexity index is 1130. The van der Waals surface area contributed by atoms with Crippen LogP contribution in [0.1, 0.15) is 19.3 Å². The van der Waals surface area contributed by atoms with Crippen LogP contribution in [0.15, 0.2) is 34.4 Å². The Morgan fingerprint density at radius 2 is 2.09 bits per heavy atom. The number of pyridine rings is 1. The minimum atomic E-state index is -0.360. The largest absolute Gasteiger partial charge is 0.454 e. The molecular weight excluding hydrogens is 547 g/mol. The number of nitrogen functional groups attached to an aromatic ring is 1. The predicted octanol–water partition coefficient (Wildman–Crippen LogP) is 2.76. The lowest BCUT2D eigenvalue weighted by molar-refractivity contribution is -0.129. The number of nitrogens with one attached hydrogen (secondary N) is 2. The van der Waals surface area contributed by atoms with Gasteiger partial charge in [0.1, 0.15) is 5.52 Å². The third kappa shape index (κ3) is 5.19. The molecule has 1 aromatic carbocycles. The van der Waals surface area contributed by atoms with Crippen LogP contribution < -0.4 is 26.0 Å². The highest BCUT2D eigenvalue weighted by molar-refractivity contribution is 14.1. The second kappa shape index (κ2) is 10.6. The van der Waals surface area contributed by atoms with Gasteiger partial charge in [0.2, 0.25) is 12.7 Å². The van der Waals surface area contributed by atoms with Crippen LogP contribution in [-0.2, 0) is 11.3 Å². The van der Waals surface area contributed by atoms with E-state index in [0.717, 1.165) is 50.1 Å². The van der Waals surface area contributed by atoms with Gasteiger partial charge in [0, 0.05) is 34.2 Å². The first kappa shape index (κ1) is 22.9. The van der Waals surface area contributed by atoms with Gasteiger partial charge >= 0.3 is 0 Å². The zero-order valence-corrected chi connectivity index (χ0v) is 20.1. The van der Waals surface area contributed by atoms with Gasteiger partial charge in [-0.1, -0.05) is 11.8 Å². The van der Waals surface area contributed by atoms with Crippen molar-refractivity contribution in [2.45, 2.75) is 35.9 Å². The van der Waals surface area contributed by atoms with E-state index in [2.05, 4.69) is 37.5 Å². The summed E-state index contributed by atoms with van der Waals surface area (Å²) in [5.41, 5.74) is 9.34. The Morgan fingerprint density at radius 1 is 1.28 bits per heavy atom. The van der Waals surface area contributed by atoms with Gasteiger partial charge < -0.3 is 25.1 Å². The highest BCUT2D eigenvalue weighted by atomic mass is 127. The fourth-order valence-corrected chi connectivity index (χ4v) is 5.05. The molecule has 0 fully saturated rings. The van der Waals surface area contributed by atoms with Crippen LogP contribution in [0.5, 0.6) is 11.5 Å². The molecule has 3 heterocycles. The number of nitrogens with zero attached hydrogens (tertiary/aromatic N) is 3. The Morgan fingerprint density at radius 3 is 2.91 bits per heavy atom. The van der Waals surface area contributed by atoms with Gasteiger partial charge in [0.25, 0.3) is 0 Å². The monoisotopic (exact) mass is 570 g/mol. The van der Waals surface area contributed by atoms with Crippen molar-refractivity contribution < 1.29 is 19.5 Å². The highest BCUT2D eigenvalue weighted by Crippen LogP contribution is 2.41. The quantitative estimate of drug-likeness (QED) is 0.126. The minimum Gasteiger partial charge on any atom is -0.454 e. The molecule has 32 heavy (non-hydrogen) atoms. The van der Waals surface area contributed by atoms with Gasteiger partial charge in [0.15, 0.2) is 22.5 Å². The number of hydrogen-bond acceptors (Lipinski definition) is 9. The summed E-state index contributed by atoms with van der Waals surface area (Å²) in [5.74, 6) is 1.52. The standard InChI is InChI=1S/C20H23IN6O4S/c21-12-9-14-15(31-11-30-14)10-16(12)32-20-25-18-13(4-6-24-19(18)22)27(20)8-7-23-5-2-1-3-17(28)26-29/h4,6,9-10,23,29H,1-3,5,7-8,11H2,(H2,22,24)(H,26,28). The molecule has 3 aromatic rings. The number of ether oxygens (including phenoxy) is 2. The van der Waals surface area contributed by atoms with Crippen molar-refractivity contribution in [1.82, 2.24) is 25.3 Å². The lowest BCUT2D eigenvalue weighted by atomic mass is 10.2. The molecule has 1 amide bonds. The maximum Gasteiger partial charge on any atom is 0.243 e. The first-order valence-electron chi connectivity index (χ1n) is 10.1. The van der Waals surface area contributed by atoms with E-state index >= 15 is 0 Å². The topological polar surface area (TPSA) is 137 Å². The molecule has 170 valence electrons. The summed E-state index contributed by atoms with van der Waals surface area (Å²) in [6.07, 6.45) is 3.55. The number of unbranched alkanes of at least 4 members (excludes halogenated alkanes) is 1. The minimum absolute atomic E-state index is 0.233. The SMILES string of the molecule is Nc1nccc2c1nc(Sc1cc3c(cc1I)OCO3)n2CCNCCCCC(=O)NO. The van der Waals surface area contributed by atoms with Crippen molar-refractivity contribution in [3.8, 4) is 11.5 Å². The average molecular weight is 570 g/mol. The summed E-state index contributed by atoms with van der Waals surface area (Å²) in [7, 11) is 0. The van der Waals surface area contributed by atoms with E-state index < -0.39 is 0 Å².